The summed E-state index contributed by atoms with van der Waals surface area (Å²) in [7, 11) is 0. The van der Waals surface area contributed by atoms with Gasteiger partial charge in [-0.2, -0.15) is 0 Å². The Morgan fingerprint density at radius 3 is 2.88 bits per heavy atom. The van der Waals surface area contributed by atoms with Crippen LogP contribution < -0.4 is 5.32 Å². The van der Waals surface area contributed by atoms with Gasteiger partial charge in [-0.05, 0) is 82.1 Å². The molecule has 3 aliphatic rings. The second-order valence-corrected chi connectivity index (χ2v) is 9.45. The monoisotopic (exact) mass is 353 g/mol. The molecule has 1 N–H and O–H groups in total. The maximum absolute atomic E-state index is 4.39. The zero-order valence-electron chi connectivity index (χ0n) is 15.6. The molecule has 1 heterocycles. The van der Waals surface area contributed by atoms with Crippen LogP contribution in [0, 0.1) is 18.8 Å². The van der Waals surface area contributed by atoms with Crippen LogP contribution in [0.4, 0.5) is 0 Å². The van der Waals surface area contributed by atoms with Gasteiger partial charge in [0.15, 0.2) is 0 Å². The lowest BCUT2D eigenvalue weighted by Gasteiger charge is -2.24. The van der Waals surface area contributed by atoms with Crippen LogP contribution in [-0.4, -0.2) is 6.54 Å². The zero-order valence-corrected chi connectivity index (χ0v) is 16.4. The molecule has 0 saturated heterocycles. The van der Waals surface area contributed by atoms with E-state index in [0.29, 0.717) is 0 Å². The summed E-state index contributed by atoms with van der Waals surface area (Å²) in [5, 5.41) is 3.63. The number of aryl methyl sites for hydroxylation is 2. The standard InChI is InChI=1S/C23H31NS/c1-16(24-15-20-10-11-20)23-17(2)25-22-13-12-19(14-21(22)23)9-8-18-6-4-3-5-7-18/h4,6-7,19-20,24H,1,3,5,8-15H2,2H3. The first-order chi connectivity index (χ1) is 12.2. The molecule has 2 heteroatoms. The van der Waals surface area contributed by atoms with E-state index in [0.717, 1.165) is 18.4 Å². The third-order valence-corrected chi connectivity index (χ3v) is 7.26. The van der Waals surface area contributed by atoms with Gasteiger partial charge in [0.25, 0.3) is 0 Å². The lowest BCUT2D eigenvalue weighted by Crippen LogP contribution is -2.18. The number of hydrogen-bond donors (Lipinski definition) is 1. The second kappa shape index (κ2) is 7.53. The molecule has 1 aromatic heterocycles. The van der Waals surface area contributed by atoms with Gasteiger partial charge >= 0.3 is 0 Å². The van der Waals surface area contributed by atoms with Crippen molar-refractivity contribution in [3.63, 3.8) is 0 Å². The van der Waals surface area contributed by atoms with Crippen molar-refractivity contribution in [3.05, 3.63) is 51.3 Å². The molecule has 4 rings (SSSR count). The molecule has 0 bridgehead atoms. The van der Waals surface area contributed by atoms with Gasteiger partial charge in [0.2, 0.25) is 0 Å². The maximum Gasteiger partial charge on any atom is 0.0354 e. The molecule has 0 spiro atoms. The molecule has 1 atom stereocenters. The van der Waals surface area contributed by atoms with Crippen LogP contribution in [0.3, 0.4) is 0 Å². The van der Waals surface area contributed by atoms with E-state index in [9.17, 15) is 0 Å². The Labute approximate surface area is 156 Å². The molecule has 0 amide bonds. The van der Waals surface area contributed by atoms with Crippen molar-refractivity contribution in [2.45, 2.75) is 64.7 Å². The van der Waals surface area contributed by atoms with Gasteiger partial charge in [0, 0.05) is 27.6 Å². The van der Waals surface area contributed by atoms with Crippen molar-refractivity contribution < 1.29 is 0 Å². The number of fused-ring (bicyclic) bond motifs is 1. The number of allylic oxidation sites excluding steroid dienone is 4. The fraction of sp³-hybridized carbons (Fsp3) is 0.565. The number of nitrogens with one attached hydrogen (secondary N) is 1. The Hall–Kier alpha value is -1.28. The highest BCUT2D eigenvalue weighted by atomic mass is 32.1. The van der Waals surface area contributed by atoms with Crippen LogP contribution in [0.2, 0.25) is 0 Å². The Balaban J connectivity index is 1.41. The molecule has 0 aromatic carbocycles. The van der Waals surface area contributed by atoms with Crippen LogP contribution in [0.25, 0.3) is 5.70 Å². The summed E-state index contributed by atoms with van der Waals surface area (Å²) in [6.45, 7) is 7.79. The molecule has 0 radical (unpaired) electrons. The summed E-state index contributed by atoms with van der Waals surface area (Å²) in [6, 6.07) is 0. The SMILES string of the molecule is C=C(NCC1CC1)c1c(C)sc2c1CC(CCC1=CCCC=C1)CC2. The normalized spacial score (nSPS) is 22.4. The summed E-state index contributed by atoms with van der Waals surface area (Å²) in [4.78, 5) is 3.10. The molecule has 1 fully saturated rings. The van der Waals surface area contributed by atoms with E-state index in [4.69, 9.17) is 0 Å². The van der Waals surface area contributed by atoms with E-state index in [-0.39, 0.29) is 0 Å². The molecule has 3 aliphatic carbocycles. The van der Waals surface area contributed by atoms with Crippen LogP contribution in [-0.2, 0) is 12.8 Å². The minimum absolute atomic E-state index is 0.840. The van der Waals surface area contributed by atoms with Crippen LogP contribution in [0.5, 0.6) is 0 Å². The molecular weight excluding hydrogens is 322 g/mol. The van der Waals surface area contributed by atoms with Gasteiger partial charge < -0.3 is 5.32 Å². The Morgan fingerprint density at radius 2 is 2.12 bits per heavy atom. The van der Waals surface area contributed by atoms with Gasteiger partial charge in [-0.15, -0.1) is 11.3 Å². The van der Waals surface area contributed by atoms with Gasteiger partial charge in [-0.3, -0.25) is 0 Å². The summed E-state index contributed by atoms with van der Waals surface area (Å²) in [5.74, 6) is 1.74. The Morgan fingerprint density at radius 1 is 1.24 bits per heavy atom. The van der Waals surface area contributed by atoms with Crippen molar-refractivity contribution in [1.82, 2.24) is 5.32 Å². The Bertz CT molecular complexity index is 702. The number of hydrogen-bond acceptors (Lipinski definition) is 2. The fourth-order valence-electron chi connectivity index (χ4n) is 4.34. The average Bonchev–Trinajstić information content (AvgIpc) is 3.40. The minimum atomic E-state index is 0.840. The van der Waals surface area contributed by atoms with E-state index in [1.165, 1.54) is 73.9 Å². The molecule has 1 nitrogen and oxygen atoms in total. The van der Waals surface area contributed by atoms with E-state index in [2.05, 4.69) is 37.0 Å². The lowest BCUT2D eigenvalue weighted by atomic mass is 9.82. The number of thiophene rings is 1. The fourth-order valence-corrected chi connectivity index (χ4v) is 5.58. The third kappa shape index (κ3) is 4.11. The van der Waals surface area contributed by atoms with Crippen molar-refractivity contribution >= 4 is 17.0 Å². The highest BCUT2D eigenvalue weighted by Crippen LogP contribution is 2.40. The van der Waals surface area contributed by atoms with Gasteiger partial charge in [0.05, 0.1) is 0 Å². The topological polar surface area (TPSA) is 12.0 Å². The second-order valence-electron chi connectivity index (χ2n) is 8.14. The van der Waals surface area contributed by atoms with Crippen LogP contribution >= 0.6 is 11.3 Å². The maximum atomic E-state index is 4.39. The van der Waals surface area contributed by atoms with Gasteiger partial charge in [-0.1, -0.05) is 30.4 Å². The van der Waals surface area contributed by atoms with E-state index in [1.54, 1.807) is 16.0 Å². The zero-order chi connectivity index (χ0) is 17.2. The smallest absolute Gasteiger partial charge is 0.0354 e. The Kier molecular flexibility index (Phi) is 5.17. The highest BCUT2D eigenvalue weighted by molar-refractivity contribution is 7.12. The van der Waals surface area contributed by atoms with Crippen LogP contribution in [0.15, 0.2) is 30.4 Å². The van der Waals surface area contributed by atoms with E-state index >= 15 is 0 Å². The van der Waals surface area contributed by atoms with Crippen LogP contribution in [0.1, 0.15) is 65.8 Å². The van der Waals surface area contributed by atoms with Crippen molar-refractivity contribution in [3.8, 4) is 0 Å². The summed E-state index contributed by atoms with van der Waals surface area (Å²) >= 11 is 2.02. The van der Waals surface area contributed by atoms with Crippen molar-refractivity contribution in [2.75, 3.05) is 6.54 Å². The molecule has 134 valence electrons. The van der Waals surface area contributed by atoms with Crippen molar-refractivity contribution in [2.24, 2.45) is 11.8 Å². The first-order valence-electron chi connectivity index (χ1n) is 10.1. The van der Waals surface area contributed by atoms with Gasteiger partial charge in [-0.25, -0.2) is 0 Å². The highest BCUT2D eigenvalue weighted by Gasteiger charge is 2.27. The van der Waals surface area contributed by atoms with E-state index < -0.39 is 0 Å². The third-order valence-electron chi connectivity index (χ3n) is 6.06. The largest absolute Gasteiger partial charge is 0.385 e. The molecule has 25 heavy (non-hydrogen) atoms. The first-order valence-corrected chi connectivity index (χ1v) is 10.9. The minimum Gasteiger partial charge on any atom is -0.385 e. The first kappa shape index (κ1) is 17.1. The molecular formula is C23H31NS. The van der Waals surface area contributed by atoms with Crippen molar-refractivity contribution in [1.29, 1.82) is 0 Å². The predicted octanol–water partition coefficient (Wildman–Crippen LogP) is 6.19. The average molecular weight is 354 g/mol. The summed E-state index contributed by atoms with van der Waals surface area (Å²) in [5.41, 5.74) is 5.83. The lowest BCUT2D eigenvalue weighted by molar-refractivity contribution is 0.430. The van der Waals surface area contributed by atoms with Gasteiger partial charge in [0.1, 0.15) is 0 Å². The molecule has 0 aliphatic heterocycles. The molecule has 1 aromatic rings. The quantitative estimate of drug-likeness (QED) is 0.616. The van der Waals surface area contributed by atoms with E-state index in [1.807, 2.05) is 11.3 Å². The number of rotatable bonds is 7. The molecule has 1 unspecified atom stereocenters. The summed E-state index contributed by atoms with van der Waals surface area (Å²) in [6.07, 6.45) is 18.9. The predicted molar refractivity (Wildman–Crippen MR) is 110 cm³/mol. The summed E-state index contributed by atoms with van der Waals surface area (Å²) < 4.78 is 0. The molecule has 1 saturated carbocycles.